The average molecular weight is 208 g/mol. The Labute approximate surface area is 93.6 Å². The molecule has 0 aromatic rings. The highest BCUT2D eigenvalue weighted by molar-refractivity contribution is 5.82. The maximum atomic E-state index is 12.0. The van der Waals surface area contributed by atoms with Gasteiger partial charge in [-0.15, -0.1) is 0 Å². The second-order valence-corrected chi connectivity index (χ2v) is 5.70. The minimum Gasteiger partial charge on any atom is -0.299 e. The minimum absolute atomic E-state index is 0.437. The molecule has 0 radical (unpaired) electrons. The van der Waals surface area contributed by atoms with Gasteiger partial charge >= 0.3 is 0 Å². The van der Waals surface area contributed by atoms with Crippen LogP contribution >= 0.6 is 0 Å². The van der Waals surface area contributed by atoms with Crippen LogP contribution in [0, 0.1) is 17.8 Å². The number of Topliss-reactive ketones (excluding diaryl/α,β-unsaturated/α-hetero) is 1. The molecule has 0 aromatic carbocycles. The third-order valence-electron chi connectivity index (χ3n) is 4.42. The van der Waals surface area contributed by atoms with Gasteiger partial charge in [0.25, 0.3) is 0 Å². The molecule has 2 unspecified atom stereocenters. The summed E-state index contributed by atoms with van der Waals surface area (Å²) >= 11 is 0. The van der Waals surface area contributed by atoms with E-state index in [4.69, 9.17) is 0 Å². The Kier molecular flexibility index (Phi) is 3.82. The van der Waals surface area contributed by atoms with Gasteiger partial charge in [-0.3, -0.25) is 4.79 Å². The molecule has 0 N–H and O–H groups in total. The van der Waals surface area contributed by atoms with Crippen molar-refractivity contribution in [2.24, 2.45) is 17.8 Å². The summed E-state index contributed by atoms with van der Waals surface area (Å²) < 4.78 is 0. The molecule has 2 rings (SSSR count). The highest BCUT2D eigenvalue weighted by Gasteiger charge is 2.32. The molecule has 1 heteroatoms. The smallest absolute Gasteiger partial charge is 0.136 e. The van der Waals surface area contributed by atoms with Crippen molar-refractivity contribution in [1.29, 1.82) is 0 Å². The predicted molar refractivity (Wildman–Crippen MR) is 62.7 cm³/mol. The van der Waals surface area contributed by atoms with Crippen molar-refractivity contribution in [1.82, 2.24) is 0 Å². The van der Waals surface area contributed by atoms with E-state index in [1.165, 1.54) is 44.9 Å². The van der Waals surface area contributed by atoms with Gasteiger partial charge in [0.1, 0.15) is 5.78 Å². The molecule has 1 nitrogen and oxygen atoms in total. The first-order chi connectivity index (χ1) is 7.27. The van der Waals surface area contributed by atoms with E-state index in [0.717, 1.165) is 24.7 Å². The molecule has 0 aromatic heterocycles. The molecule has 0 amide bonds. The van der Waals surface area contributed by atoms with E-state index in [2.05, 4.69) is 6.92 Å². The number of rotatable bonds is 1. The van der Waals surface area contributed by atoms with Crippen LogP contribution in [0.5, 0.6) is 0 Å². The first-order valence-electron chi connectivity index (χ1n) is 6.80. The van der Waals surface area contributed by atoms with Crippen LogP contribution in [0.15, 0.2) is 0 Å². The van der Waals surface area contributed by atoms with Crippen LogP contribution in [0.25, 0.3) is 0 Å². The molecular weight excluding hydrogens is 184 g/mol. The lowest BCUT2D eigenvalue weighted by molar-refractivity contribution is -0.127. The number of hydrogen-bond donors (Lipinski definition) is 0. The van der Waals surface area contributed by atoms with Crippen LogP contribution in [0.3, 0.4) is 0 Å². The number of ketones is 1. The Hall–Kier alpha value is -0.330. The van der Waals surface area contributed by atoms with Crippen LogP contribution in [0.4, 0.5) is 0 Å². The topological polar surface area (TPSA) is 17.1 Å². The fraction of sp³-hybridized carbons (Fsp3) is 0.929. The maximum Gasteiger partial charge on any atom is 0.136 e. The predicted octanol–water partition coefficient (Wildman–Crippen LogP) is 3.96. The Bertz CT molecular complexity index is 213. The molecule has 86 valence electrons. The zero-order chi connectivity index (χ0) is 10.7. The monoisotopic (exact) mass is 208 g/mol. The number of carbonyl (C=O) groups excluding carboxylic acids is 1. The average Bonchev–Trinajstić information content (AvgIpc) is 2.50. The summed E-state index contributed by atoms with van der Waals surface area (Å²) in [4.78, 5) is 12.0. The Morgan fingerprint density at radius 2 is 1.67 bits per heavy atom. The molecule has 0 bridgehead atoms. The van der Waals surface area contributed by atoms with Gasteiger partial charge in [0, 0.05) is 12.3 Å². The van der Waals surface area contributed by atoms with Crippen molar-refractivity contribution in [3.63, 3.8) is 0 Å². The molecule has 2 saturated carbocycles. The summed E-state index contributed by atoms with van der Waals surface area (Å²) in [5.74, 6) is 2.55. The van der Waals surface area contributed by atoms with E-state index in [-0.39, 0.29) is 0 Å². The number of hydrogen-bond acceptors (Lipinski definition) is 1. The van der Waals surface area contributed by atoms with Crippen molar-refractivity contribution in [3.8, 4) is 0 Å². The summed E-state index contributed by atoms with van der Waals surface area (Å²) in [6, 6.07) is 0. The summed E-state index contributed by atoms with van der Waals surface area (Å²) in [5.41, 5.74) is 0. The van der Waals surface area contributed by atoms with Gasteiger partial charge in [0.15, 0.2) is 0 Å². The van der Waals surface area contributed by atoms with Crippen molar-refractivity contribution in [3.05, 3.63) is 0 Å². The summed E-state index contributed by atoms with van der Waals surface area (Å²) in [6.45, 7) is 2.32. The van der Waals surface area contributed by atoms with Crippen LogP contribution < -0.4 is 0 Å². The highest BCUT2D eigenvalue weighted by Crippen LogP contribution is 2.37. The molecule has 2 atom stereocenters. The van der Waals surface area contributed by atoms with Crippen molar-refractivity contribution in [2.75, 3.05) is 0 Å². The summed E-state index contributed by atoms with van der Waals surface area (Å²) in [6.07, 6.45) is 11.4. The van der Waals surface area contributed by atoms with Crippen LogP contribution in [0.2, 0.25) is 0 Å². The molecular formula is C14H24O. The normalized spacial score (nSPS) is 35.1. The van der Waals surface area contributed by atoms with Gasteiger partial charge in [-0.2, -0.15) is 0 Å². The van der Waals surface area contributed by atoms with Crippen LogP contribution in [-0.2, 0) is 4.79 Å². The van der Waals surface area contributed by atoms with E-state index in [1.54, 1.807) is 0 Å². The van der Waals surface area contributed by atoms with Gasteiger partial charge in [0.2, 0.25) is 0 Å². The first-order valence-corrected chi connectivity index (χ1v) is 6.80. The SMILES string of the molecule is CC1CCC(=O)C(C2CCCCCC2)C1. The Balaban J connectivity index is 1.96. The molecule has 0 saturated heterocycles. The molecule has 2 aliphatic rings. The van der Waals surface area contributed by atoms with Gasteiger partial charge in [-0.05, 0) is 37.5 Å². The lowest BCUT2D eigenvalue weighted by Gasteiger charge is -2.31. The fourth-order valence-electron chi connectivity index (χ4n) is 3.43. The highest BCUT2D eigenvalue weighted by atomic mass is 16.1. The van der Waals surface area contributed by atoms with E-state index >= 15 is 0 Å². The zero-order valence-corrected chi connectivity index (χ0v) is 10.0. The standard InChI is InChI=1S/C14H24O/c1-11-8-9-14(15)13(10-11)12-6-4-2-3-5-7-12/h11-13H,2-10H2,1H3. The molecule has 0 aliphatic heterocycles. The Morgan fingerprint density at radius 3 is 2.33 bits per heavy atom. The maximum absolute atomic E-state index is 12.0. The summed E-state index contributed by atoms with van der Waals surface area (Å²) in [5, 5.41) is 0. The third-order valence-corrected chi connectivity index (χ3v) is 4.42. The fourth-order valence-corrected chi connectivity index (χ4v) is 3.43. The molecule has 0 heterocycles. The molecule has 0 spiro atoms. The second-order valence-electron chi connectivity index (χ2n) is 5.70. The third kappa shape index (κ3) is 2.83. The lowest BCUT2D eigenvalue weighted by Crippen LogP contribution is -2.30. The van der Waals surface area contributed by atoms with Gasteiger partial charge in [-0.25, -0.2) is 0 Å². The van der Waals surface area contributed by atoms with E-state index in [0.29, 0.717) is 11.7 Å². The van der Waals surface area contributed by atoms with E-state index < -0.39 is 0 Å². The van der Waals surface area contributed by atoms with E-state index in [9.17, 15) is 4.79 Å². The summed E-state index contributed by atoms with van der Waals surface area (Å²) in [7, 11) is 0. The molecule has 2 fully saturated rings. The van der Waals surface area contributed by atoms with E-state index in [1.807, 2.05) is 0 Å². The van der Waals surface area contributed by atoms with Gasteiger partial charge in [-0.1, -0.05) is 32.6 Å². The lowest BCUT2D eigenvalue weighted by atomic mass is 9.72. The van der Waals surface area contributed by atoms with Crippen LogP contribution in [0.1, 0.15) is 64.7 Å². The molecule has 15 heavy (non-hydrogen) atoms. The first kappa shape index (κ1) is 11.2. The quantitative estimate of drug-likeness (QED) is 0.596. The van der Waals surface area contributed by atoms with Crippen molar-refractivity contribution in [2.45, 2.75) is 64.7 Å². The van der Waals surface area contributed by atoms with Crippen molar-refractivity contribution >= 4 is 5.78 Å². The van der Waals surface area contributed by atoms with Crippen molar-refractivity contribution < 1.29 is 4.79 Å². The van der Waals surface area contributed by atoms with Gasteiger partial charge in [0.05, 0.1) is 0 Å². The van der Waals surface area contributed by atoms with Crippen LogP contribution in [-0.4, -0.2) is 5.78 Å². The van der Waals surface area contributed by atoms with Gasteiger partial charge < -0.3 is 0 Å². The minimum atomic E-state index is 0.437. The number of carbonyl (C=O) groups is 1. The largest absolute Gasteiger partial charge is 0.299 e. The zero-order valence-electron chi connectivity index (χ0n) is 10.0. The Morgan fingerprint density at radius 1 is 1.00 bits per heavy atom. The second kappa shape index (κ2) is 5.14. The molecule has 2 aliphatic carbocycles.